The van der Waals surface area contributed by atoms with E-state index in [1.165, 1.54) is 30.9 Å². The number of nitriles is 2. The summed E-state index contributed by atoms with van der Waals surface area (Å²) in [5, 5.41) is 34.9. The summed E-state index contributed by atoms with van der Waals surface area (Å²) in [7, 11) is 0. The van der Waals surface area contributed by atoms with E-state index in [0.29, 0.717) is 22.5 Å². The van der Waals surface area contributed by atoms with Gasteiger partial charge in [-0.1, -0.05) is 146 Å². The quantitative estimate of drug-likeness (QED) is 0.172. The molecule has 5 nitrogen and oxygen atoms in total. The molecule has 0 spiro atoms. The Morgan fingerprint density at radius 2 is 0.627 bits per heavy atom. The predicted molar refractivity (Wildman–Crippen MR) is 316 cm³/mol. The summed E-state index contributed by atoms with van der Waals surface area (Å²) in [4.78, 5) is 0. The first-order valence-electron chi connectivity index (χ1n) is 25.0. The molecular formula is C68H37N5S2. The first-order chi connectivity index (χ1) is 37.1. The fraction of sp³-hybridized carbons (Fsp3) is 0. The lowest BCUT2D eigenvalue weighted by Crippen LogP contribution is -2.13. The van der Waals surface area contributed by atoms with Gasteiger partial charge in [-0.25, -0.2) is 0 Å². The van der Waals surface area contributed by atoms with Crippen LogP contribution in [0.3, 0.4) is 0 Å². The minimum atomic E-state index is 0.397. The van der Waals surface area contributed by atoms with Crippen LogP contribution >= 0.6 is 22.7 Å². The van der Waals surface area contributed by atoms with Gasteiger partial charge < -0.3 is 13.7 Å². The average Bonchev–Trinajstić information content (AvgIpc) is 4.30. The Labute approximate surface area is 437 Å². The van der Waals surface area contributed by atoms with Gasteiger partial charge in [0.05, 0.1) is 61.3 Å². The van der Waals surface area contributed by atoms with Gasteiger partial charge in [0.25, 0.3) is 0 Å². The van der Waals surface area contributed by atoms with E-state index in [2.05, 4.69) is 244 Å². The minimum Gasteiger partial charge on any atom is -0.306 e. The van der Waals surface area contributed by atoms with Crippen LogP contribution in [0.15, 0.2) is 224 Å². The van der Waals surface area contributed by atoms with Crippen LogP contribution in [0.2, 0.25) is 0 Å². The highest BCUT2D eigenvalue weighted by Gasteiger charge is 2.31. The van der Waals surface area contributed by atoms with Crippen LogP contribution < -0.4 is 0 Å². The molecule has 0 fully saturated rings. The second kappa shape index (κ2) is 15.9. The molecule has 346 valence electrons. The molecule has 0 aliphatic heterocycles. The van der Waals surface area contributed by atoms with Gasteiger partial charge in [-0.2, -0.15) is 10.5 Å². The number of hydrogen-bond acceptors (Lipinski definition) is 4. The fourth-order valence-electron chi connectivity index (χ4n) is 12.2. The maximum Gasteiger partial charge on any atom is 0.101 e. The molecule has 0 N–H and O–H groups in total. The molecule has 0 saturated heterocycles. The highest BCUT2D eigenvalue weighted by molar-refractivity contribution is 7.26. The van der Waals surface area contributed by atoms with Gasteiger partial charge in [0.1, 0.15) is 12.1 Å². The third-order valence-corrected chi connectivity index (χ3v) is 17.7. The van der Waals surface area contributed by atoms with Crippen molar-refractivity contribution in [2.75, 3.05) is 0 Å². The molecule has 75 heavy (non-hydrogen) atoms. The average molecular weight is 988 g/mol. The molecule has 16 aromatic rings. The van der Waals surface area contributed by atoms with Crippen molar-refractivity contribution in [2.45, 2.75) is 0 Å². The standard InChI is InChI=1S/C68H37N5S2/c69-38-44-31-45(39-70)67(73-59-30-28-43(41-17-5-2-6-18-41)33-51(59)53-35-55-49-22-10-14-26-63(49)75-65(55)37-61(53)73)68(71-56-23-11-7-19-46(56)47-20-8-12-24-57(47)71)66(44)72-58-29-27-42(40-15-3-1-4-16-40)32-50(58)52-34-54-48-21-9-13-25-62(48)74-64(54)36-60(52)72/h1-37H. The molecule has 16 rings (SSSR count). The number of para-hydroxylation sites is 2. The van der Waals surface area contributed by atoms with Gasteiger partial charge in [-0.15, -0.1) is 22.7 Å². The van der Waals surface area contributed by atoms with Crippen molar-refractivity contribution in [2.24, 2.45) is 0 Å². The first kappa shape index (κ1) is 41.8. The molecule has 0 atom stereocenters. The Balaban J connectivity index is 1.13. The van der Waals surface area contributed by atoms with Crippen LogP contribution in [0.5, 0.6) is 0 Å². The molecule has 0 saturated carbocycles. The van der Waals surface area contributed by atoms with E-state index in [-0.39, 0.29) is 0 Å². The zero-order valence-electron chi connectivity index (χ0n) is 39.9. The van der Waals surface area contributed by atoms with Crippen molar-refractivity contribution in [1.29, 1.82) is 10.5 Å². The van der Waals surface area contributed by atoms with Gasteiger partial charge in [-0.3, -0.25) is 0 Å². The van der Waals surface area contributed by atoms with Crippen LogP contribution in [0.4, 0.5) is 0 Å². The molecular weight excluding hydrogens is 951 g/mol. The van der Waals surface area contributed by atoms with E-state index in [1.54, 1.807) is 22.7 Å². The Morgan fingerprint density at radius 3 is 1.08 bits per heavy atom. The molecule has 0 amide bonds. The summed E-state index contributed by atoms with van der Waals surface area (Å²) in [6.45, 7) is 0. The Hall–Kier alpha value is -9.76. The molecule has 5 aromatic heterocycles. The molecule has 0 aliphatic rings. The summed E-state index contributed by atoms with van der Waals surface area (Å²) < 4.78 is 11.8. The van der Waals surface area contributed by atoms with E-state index in [9.17, 15) is 10.5 Å². The van der Waals surface area contributed by atoms with Crippen LogP contribution in [-0.4, -0.2) is 13.7 Å². The number of fused-ring (bicyclic) bond motifs is 15. The van der Waals surface area contributed by atoms with Crippen molar-refractivity contribution in [1.82, 2.24) is 13.7 Å². The van der Waals surface area contributed by atoms with Crippen molar-refractivity contribution in [3.8, 4) is 51.5 Å². The molecule has 5 heterocycles. The van der Waals surface area contributed by atoms with Gasteiger partial charge in [-0.05, 0) is 101 Å². The molecule has 11 aromatic carbocycles. The van der Waals surface area contributed by atoms with Crippen LogP contribution in [-0.2, 0) is 0 Å². The van der Waals surface area contributed by atoms with Gasteiger partial charge in [0.2, 0.25) is 0 Å². The van der Waals surface area contributed by atoms with Crippen LogP contribution in [0.1, 0.15) is 11.1 Å². The maximum absolute atomic E-state index is 11.8. The SMILES string of the molecule is N#Cc1cc(C#N)c(-n2c3ccc(-c4ccccc4)cc3c3cc4c(cc32)sc2ccccc24)c(-n2c3ccccc3c3ccccc32)c1-n1c2ccc(-c3ccccc3)cc2c2cc3c(cc21)sc1ccccc13. The number of benzene rings is 11. The zero-order valence-corrected chi connectivity index (χ0v) is 41.5. The Kier molecular flexibility index (Phi) is 8.85. The molecule has 0 unspecified atom stereocenters. The Bertz CT molecular complexity index is 4890. The van der Waals surface area contributed by atoms with Crippen molar-refractivity contribution >= 4 is 128 Å². The summed E-state index contributed by atoms with van der Waals surface area (Å²) in [5.74, 6) is 0. The van der Waals surface area contributed by atoms with Crippen LogP contribution in [0, 0.1) is 22.7 Å². The second-order valence-corrected chi connectivity index (χ2v) is 21.6. The lowest BCUT2D eigenvalue weighted by atomic mass is 10.0. The van der Waals surface area contributed by atoms with Crippen LogP contribution in [0.25, 0.3) is 145 Å². The fourth-order valence-corrected chi connectivity index (χ4v) is 14.5. The van der Waals surface area contributed by atoms with Crippen molar-refractivity contribution in [3.63, 3.8) is 0 Å². The van der Waals surface area contributed by atoms with Crippen molar-refractivity contribution in [3.05, 3.63) is 236 Å². The van der Waals surface area contributed by atoms with Gasteiger partial charge >= 0.3 is 0 Å². The lowest BCUT2D eigenvalue weighted by molar-refractivity contribution is 1.04. The molecule has 0 aliphatic carbocycles. The summed E-state index contributed by atoms with van der Waals surface area (Å²) in [5.41, 5.74) is 13.2. The first-order valence-corrected chi connectivity index (χ1v) is 26.7. The number of rotatable bonds is 5. The van der Waals surface area contributed by atoms with E-state index >= 15 is 0 Å². The zero-order chi connectivity index (χ0) is 49.5. The summed E-state index contributed by atoms with van der Waals surface area (Å²) in [6.07, 6.45) is 0. The van der Waals surface area contributed by atoms with Crippen molar-refractivity contribution < 1.29 is 0 Å². The summed E-state index contributed by atoms with van der Waals surface area (Å²) in [6, 6.07) is 85.6. The predicted octanol–water partition coefficient (Wildman–Crippen LogP) is 18.8. The van der Waals surface area contributed by atoms with Gasteiger partial charge in [0.15, 0.2) is 0 Å². The van der Waals surface area contributed by atoms with E-state index in [4.69, 9.17) is 0 Å². The highest BCUT2D eigenvalue weighted by Crippen LogP contribution is 2.49. The normalized spacial score (nSPS) is 12.0. The third-order valence-electron chi connectivity index (χ3n) is 15.5. The van der Waals surface area contributed by atoms with E-state index in [1.807, 2.05) is 6.07 Å². The molecule has 0 bridgehead atoms. The number of hydrogen-bond donors (Lipinski definition) is 0. The molecule has 0 radical (unpaired) electrons. The smallest absolute Gasteiger partial charge is 0.101 e. The number of thiophene rings is 2. The largest absolute Gasteiger partial charge is 0.306 e. The monoisotopic (exact) mass is 987 g/mol. The highest BCUT2D eigenvalue weighted by atomic mass is 32.1. The third kappa shape index (κ3) is 5.97. The number of aromatic nitrogens is 3. The second-order valence-electron chi connectivity index (χ2n) is 19.4. The van der Waals surface area contributed by atoms with Gasteiger partial charge in [0, 0.05) is 72.7 Å². The maximum atomic E-state index is 11.8. The molecule has 7 heteroatoms. The van der Waals surface area contributed by atoms with E-state index in [0.717, 1.165) is 103 Å². The Morgan fingerprint density at radius 1 is 0.253 bits per heavy atom. The summed E-state index contributed by atoms with van der Waals surface area (Å²) >= 11 is 3.58. The van der Waals surface area contributed by atoms with E-state index < -0.39 is 0 Å². The lowest BCUT2D eigenvalue weighted by Gasteiger charge is -2.24. The topological polar surface area (TPSA) is 62.4 Å². The minimum absolute atomic E-state index is 0.397. The number of nitrogens with zero attached hydrogens (tertiary/aromatic N) is 5.